The SMILES string of the molecule is O=C(NC1Cc2ccccc2C1)c1ccnc(F)c1F. The molecule has 0 spiro atoms. The highest BCUT2D eigenvalue weighted by Crippen LogP contribution is 2.22. The van der Waals surface area contributed by atoms with Crippen LogP contribution in [0.4, 0.5) is 8.78 Å². The number of rotatable bonds is 2. The van der Waals surface area contributed by atoms with Crippen LogP contribution in [0, 0.1) is 11.8 Å². The molecule has 1 aliphatic carbocycles. The lowest BCUT2D eigenvalue weighted by Gasteiger charge is -2.12. The van der Waals surface area contributed by atoms with Gasteiger partial charge in [0, 0.05) is 12.2 Å². The third-order valence-electron chi connectivity index (χ3n) is 3.48. The number of hydrogen-bond donors (Lipinski definition) is 1. The topological polar surface area (TPSA) is 42.0 Å². The van der Waals surface area contributed by atoms with Crippen LogP contribution in [-0.4, -0.2) is 16.9 Å². The monoisotopic (exact) mass is 274 g/mol. The molecule has 1 heterocycles. The van der Waals surface area contributed by atoms with Gasteiger partial charge in [0.05, 0.1) is 5.56 Å². The molecule has 0 radical (unpaired) electrons. The maximum absolute atomic E-state index is 13.5. The van der Waals surface area contributed by atoms with Gasteiger partial charge >= 0.3 is 0 Å². The Kier molecular flexibility index (Phi) is 3.18. The molecule has 3 rings (SSSR count). The third-order valence-corrected chi connectivity index (χ3v) is 3.48. The lowest BCUT2D eigenvalue weighted by molar-refractivity contribution is 0.0933. The molecule has 0 unspecified atom stereocenters. The zero-order valence-corrected chi connectivity index (χ0v) is 10.6. The van der Waals surface area contributed by atoms with Crippen LogP contribution in [-0.2, 0) is 12.8 Å². The molecule has 0 saturated carbocycles. The fraction of sp³-hybridized carbons (Fsp3) is 0.200. The smallest absolute Gasteiger partial charge is 0.254 e. The van der Waals surface area contributed by atoms with Crippen molar-refractivity contribution in [3.63, 3.8) is 0 Å². The minimum absolute atomic E-state index is 0.0875. The van der Waals surface area contributed by atoms with E-state index in [-0.39, 0.29) is 11.6 Å². The van der Waals surface area contributed by atoms with E-state index in [1.807, 2.05) is 24.3 Å². The van der Waals surface area contributed by atoms with Crippen LogP contribution < -0.4 is 5.32 Å². The number of amides is 1. The van der Waals surface area contributed by atoms with Gasteiger partial charge in [-0.05, 0) is 30.0 Å². The number of pyridine rings is 1. The van der Waals surface area contributed by atoms with Crippen molar-refractivity contribution in [3.8, 4) is 0 Å². The van der Waals surface area contributed by atoms with Crippen molar-refractivity contribution in [2.24, 2.45) is 0 Å². The van der Waals surface area contributed by atoms with Crippen molar-refractivity contribution in [2.45, 2.75) is 18.9 Å². The first-order chi connectivity index (χ1) is 9.65. The molecule has 0 fully saturated rings. The number of benzene rings is 1. The van der Waals surface area contributed by atoms with Crippen molar-refractivity contribution < 1.29 is 13.6 Å². The summed E-state index contributed by atoms with van der Waals surface area (Å²) in [4.78, 5) is 15.1. The Morgan fingerprint density at radius 3 is 2.45 bits per heavy atom. The van der Waals surface area contributed by atoms with Gasteiger partial charge in [-0.25, -0.2) is 9.37 Å². The molecule has 0 bridgehead atoms. The number of carbonyl (C=O) groups is 1. The van der Waals surface area contributed by atoms with Crippen molar-refractivity contribution in [1.82, 2.24) is 10.3 Å². The zero-order chi connectivity index (χ0) is 14.1. The minimum atomic E-state index is -1.26. The van der Waals surface area contributed by atoms with Crippen molar-refractivity contribution in [1.29, 1.82) is 0 Å². The Morgan fingerprint density at radius 1 is 1.15 bits per heavy atom. The van der Waals surface area contributed by atoms with E-state index < -0.39 is 17.7 Å². The van der Waals surface area contributed by atoms with Crippen molar-refractivity contribution >= 4 is 5.91 Å². The van der Waals surface area contributed by atoms with Gasteiger partial charge in [0.25, 0.3) is 5.91 Å². The van der Waals surface area contributed by atoms with E-state index in [1.165, 1.54) is 17.2 Å². The molecular formula is C15H12F2N2O. The second-order valence-electron chi connectivity index (χ2n) is 4.81. The quantitative estimate of drug-likeness (QED) is 0.853. The van der Waals surface area contributed by atoms with Crippen LogP contribution in [0.3, 0.4) is 0 Å². The fourth-order valence-electron chi connectivity index (χ4n) is 2.52. The number of hydrogen-bond acceptors (Lipinski definition) is 2. The van der Waals surface area contributed by atoms with Gasteiger partial charge in [0.15, 0.2) is 5.82 Å². The summed E-state index contributed by atoms with van der Waals surface area (Å²) < 4.78 is 26.5. The summed E-state index contributed by atoms with van der Waals surface area (Å²) in [6, 6.07) is 9.00. The first kappa shape index (κ1) is 12.7. The van der Waals surface area contributed by atoms with E-state index in [0.29, 0.717) is 12.8 Å². The summed E-state index contributed by atoms with van der Waals surface area (Å²) in [5.74, 6) is -3.07. The van der Waals surface area contributed by atoms with Crippen molar-refractivity contribution in [2.75, 3.05) is 0 Å². The Hall–Kier alpha value is -2.30. The number of aromatic nitrogens is 1. The van der Waals surface area contributed by atoms with Gasteiger partial charge in [-0.2, -0.15) is 4.39 Å². The van der Waals surface area contributed by atoms with Gasteiger partial charge < -0.3 is 5.32 Å². The number of nitrogens with zero attached hydrogens (tertiary/aromatic N) is 1. The van der Waals surface area contributed by atoms with E-state index in [2.05, 4.69) is 10.3 Å². The molecule has 0 aliphatic heterocycles. The van der Waals surface area contributed by atoms with Gasteiger partial charge in [0.1, 0.15) is 0 Å². The van der Waals surface area contributed by atoms with E-state index in [0.717, 1.165) is 6.20 Å². The second kappa shape index (κ2) is 5.00. The average molecular weight is 274 g/mol. The summed E-state index contributed by atoms with van der Waals surface area (Å²) in [7, 11) is 0. The molecule has 1 aromatic heterocycles. The molecule has 20 heavy (non-hydrogen) atoms. The Bertz CT molecular complexity index is 648. The molecule has 1 amide bonds. The number of carbonyl (C=O) groups excluding carboxylic acids is 1. The van der Waals surface area contributed by atoms with Crippen LogP contribution in [0.2, 0.25) is 0 Å². The third kappa shape index (κ3) is 2.27. The molecule has 102 valence electrons. The highest BCUT2D eigenvalue weighted by molar-refractivity contribution is 5.94. The summed E-state index contributed by atoms with van der Waals surface area (Å²) >= 11 is 0. The zero-order valence-electron chi connectivity index (χ0n) is 10.6. The van der Waals surface area contributed by atoms with Gasteiger partial charge in [-0.15, -0.1) is 0 Å². The maximum atomic E-state index is 13.5. The van der Waals surface area contributed by atoms with Crippen LogP contribution in [0.15, 0.2) is 36.5 Å². The maximum Gasteiger partial charge on any atom is 0.254 e. The Morgan fingerprint density at radius 2 is 1.80 bits per heavy atom. The standard InChI is InChI=1S/C15H12F2N2O/c16-13-12(5-6-18-14(13)17)15(20)19-11-7-9-3-1-2-4-10(9)8-11/h1-6,11H,7-8H2,(H,19,20). The van der Waals surface area contributed by atoms with E-state index in [9.17, 15) is 13.6 Å². The van der Waals surface area contributed by atoms with E-state index in [1.54, 1.807) is 0 Å². The van der Waals surface area contributed by atoms with E-state index >= 15 is 0 Å². The van der Waals surface area contributed by atoms with Gasteiger partial charge in [-0.1, -0.05) is 24.3 Å². The lowest BCUT2D eigenvalue weighted by atomic mass is 10.1. The first-order valence-corrected chi connectivity index (χ1v) is 6.33. The first-order valence-electron chi connectivity index (χ1n) is 6.33. The van der Waals surface area contributed by atoms with Crippen LogP contribution in [0.25, 0.3) is 0 Å². The minimum Gasteiger partial charge on any atom is -0.349 e. The molecule has 1 aromatic carbocycles. The predicted octanol–water partition coefficient (Wildman–Crippen LogP) is 2.26. The Balaban J connectivity index is 1.74. The highest BCUT2D eigenvalue weighted by atomic mass is 19.2. The summed E-state index contributed by atoms with van der Waals surface area (Å²) in [5, 5.41) is 2.74. The van der Waals surface area contributed by atoms with Crippen LogP contribution in [0.1, 0.15) is 21.5 Å². The lowest BCUT2D eigenvalue weighted by Crippen LogP contribution is -2.36. The molecule has 3 nitrogen and oxygen atoms in total. The fourth-order valence-corrected chi connectivity index (χ4v) is 2.52. The second-order valence-corrected chi connectivity index (χ2v) is 4.81. The van der Waals surface area contributed by atoms with E-state index in [4.69, 9.17) is 0 Å². The number of nitrogens with one attached hydrogen (secondary N) is 1. The number of halogens is 2. The largest absolute Gasteiger partial charge is 0.349 e. The van der Waals surface area contributed by atoms with Gasteiger partial charge in [-0.3, -0.25) is 4.79 Å². The van der Waals surface area contributed by atoms with Crippen molar-refractivity contribution in [3.05, 3.63) is 65.0 Å². The van der Waals surface area contributed by atoms with Crippen LogP contribution in [0.5, 0.6) is 0 Å². The molecule has 1 aliphatic rings. The average Bonchev–Trinajstić information content (AvgIpc) is 2.83. The molecule has 0 atom stereocenters. The molecule has 5 heteroatoms. The summed E-state index contributed by atoms with van der Waals surface area (Å²) in [6.07, 6.45) is 2.49. The summed E-state index contributed by atoms with van der Waals surface area (Å²) in [6.45, 7) is 0. The Labute approximate surface area is 114 Å². The van der Waals surface area contributed by atoms with Crippen LogP contribution >= 0.6 is 0 Å². The molecule has 2 aromatic rings. The molecule has 1 N–H and O–H groups in total. The highest BCUT2D eigenvalue weighted by Gasteiger charge is 2.24. The molecule has 0 saturated heterocycles. The molecular weight excluding hydrogens is 262 g/mol. The van der Waals surface area contributed by atoms with Gasteiger partial charge in [0.2, 0.25) is 5.95 Å². The number of fused-ring (bicyclic) bond motifs is 1. The summed E-state index contributed by atoms with van der Waals surface area (Å²) in [5.41, 5.74) is 2.05. The predicted molar refractivity (Wildman–Crippen MR) is 69.3 cm³/mol. The normalized spacial score (nSPS) is 14.1.